The van der Waals surface area contributed by atoms with Gasteiger partial charge in [-0.15, -0.1) is 0 Å². The number of pyridine rings is 1. The van der Waals surface area contributed by atoms with Crippen LogP contribution in [0.3, 0.4) is 0 Å². The van der Waals surface area contributed by atoms with Crippen LogP contribution in [0.4, 0.5) is 21.5 Å². The van der Waals surface area contributed by atoms with E-state index in [1.165, 1.54) is 12.3 Å². The lowest BCUT2D eigenvalue weighted by molar-refractivity contribution is 0.100. The fourth-order valence-corrected chi connectivity index (χ4v) is 1.74. The van der Waals surface area contributed by atoms with Gasteiger partial charge < -0.3 is 21.5 Å². The van der Waals surface area contributed by atoms with Gasteiger partial charge >= 0.3 is 0 Å². The van der Waals surface area contributed by atoms with Crippen molar-refractivity contribution in [3.63, 3.8) is 0 Å². The van der Waals surface area contributed by atoms with Gasteiger partial charge in [-0.3, -0.25) is 4.79 Å². The van der Waals surface area contributed by atoms with Gasteiger partial charge in [0.25, 0.3) is 5.91 Å². The second-order valence-corrected chi connectivity index (χ2v) is 4.23. The van der Waals surface area contributed by atoms with Crippen LogP contribution in [0.5, 0.6) is 5.88 Å². The van der Waals surface area contributed by atoms with Crippen molar-refractivity contribution >= 4 is 23.0 Å². The van der Waals surface area contributed by atoms with Crippen molar-refractivity contribution in [2.24, 2.45) is 5.73 Å². The summed E-state index contributed by atoms with van der Waals surface area (Å²) in [6, 6.07) is 5.64. The SMILES string of the molecule is CCOc1ccc(Nc2cc(C(N)=O)c(N)cc2F)cn1. The van der Waals surface area contributed by atoms with Crippen molar-refractivity contribution in [3.05, 3.63) is 41.8 Å². The molecule has 1 amide bonds. The van der Waals surface area contributed by atoms with Crippen molar-refractivity contribution < 1.29 is 13.9 Å². The average molecular weight is 290 g/mol. The van der Waals surface area contributed by atoms with E-state index in [9.17, 15) is 9.18 Å². The molecule has 0 saturated heterocycles. The minimum Gasteiger partial charge on any atom is -0.478 e. The number of nitrogens with zero attached hydrogens (tertiary/aromatic N) is 1. The highest BCUT2D eigenvalue weighted by molar-refractivity contribution is 5.99. The lowest BCUT2D eigenvalue weighted by Gasteiger charge is -2.11. The van der Waals surface area contributed by atoms with E-state index in [2.05, 4.69) is 10.3 Å². The Labute approximate surface area is 120 Å². The standard InChI is InChI=1S/C14H15FN4O2/c1-2-21-13-4-3-8(7-18-13)19-12-5-9(14(17)20)11(16)6-10(12)15/h3-7,19H,2,16H2,1H3,(H2,17,20). The van der Waals surface area contributed by atoms with E-state index in [4.69, 9.17) is 16.2 Å². The predicted octanol–water partition coefficient (Wildman–Crippen LogP) is 2.04. The fraction of sp³-hybridized carbons (Fsp3) is 0.143. The van der Waals surface area contributed by atoms with Crippen molar-refractivity contribution in [2.75, 3.05) is 17.7 Å². The molecule has 0 bridgehead atoms. The first kappa shape index (κ1) is 14.6. The summed E-state index contributed by atoms with van der Waals surface area (Å²) in [6.07, 6.45) is 1.49. The molecular weight excluding hydrogens is 275 g/mol. The second-order valence-electron chi connectivity index (χ2n) is 4.23. The zero-order chi connectivity index (χ0) is 15.4. The largest absolute Gasteiger partial charge is 0.478 e. The van der Waals surface area contributed by atoms with Gasteiger partial charge in [0.05, 0.1) is 29.7 Å². The first-order chi connectivity index (χ1) is 10.0. The highest BCUT2D eigenvalue weighted by Crippen LogP contribution is 2.25. The fourth-order valence-electron chi connectivity index (χ4n) is 1.74. The minimum atomic E-state index is -0.722. The molecule has 0 aliphatic rings. The number of anilines is 3. The van der Waals surface area contributed by atoms with Crippen LogP contribution in [0.1, 0.15) is 17.3 Å². The molecule has 0 aliphatic heterocycles. The summed E-state index contributed by atoms with van der Waals surface area (Å²) in [7, 11) is 0. The number of rotatable bonds is 5. The minimum absolute atomic E-state index is 0.00429. The molecule has 2 rings (SSSR count). The lowest BCUT2D eigenvalue weighted by Crippen LogP contribution is -2.14. The molecule has 0 fully saturated rings. The van der Waals surface area contributed by atoms with E-state index in [1.807, 2.05) is 6.92 Å². The Kier molecular flexibility index (Phi) is 4.22. The average Bonchev–Trinajstić information content (AvgIpc) is 2.43. The van der Waals surface area contributed by atoms with Gasteiger partial charge in [0.1, 0.15) is 5.82 Å². The van der Waals surface area contributed by atoms with Gasteiger partial charge in [0, 0.05) is 11.8 Å². The molecule has 110 valence electrons. The number of primary amides is 1. The Morgan fingerprint density at radius 2 is 2.19 bits per heavy atom. The zero-order valence-corrected chi connectivity index (χ0v) is 11.4. The molecule has 0 unspecified atom stereocenters. The number of carbonyl (C=O) groups is 1. The highest BCUT2D eigenvalue weighted by atomic mass is 19.1. The van der Waals surface area contributed by atoms with Crippen LogP contribution in [0, 0.1) is 5.82 Å². The van der Waals surface area contributed by atoms with E-state index in [0.717, 1.165) is 6.07 Å². The van der Waals surface area contributed by atoms with Crippen molar-refractivity contribution in [1.82, 2.24) is 4.98 Å². The number of nitrogens with one attached hydrogen (secondary N) is 1. The summed E-state index contributed by atoms with van der Waals surface area (Å²) in [4.78, 5) is 15.3. The third kappa shape index (κ3) is 3.38. The maximum atomic E-state index is 13.8. The zero-order valence-electron chi connectivity index (χ0n) is 11.4. The number of hydrogen-bond acceptors (Lipinski definition) is 5. The molecular formula is C14H15FN4O2. The normalized spacial score (nSPS) is 10.2. The van der Waals surface area contributed by atoms with Crippen LogP contribution in [0.2, 0.25) is 0 Å². The van der Waals surface area contributed by atoms with Crippen molar-refractivity contribution in [1.29, 1.82) is 0 Å². The number of nitrogen functional groups attached to an aromatic ring is 1. The van der Waals surface area contributed by atoms with Crippen LogP contribution in [0.15, 0.2) is 30.5 Å². The summed E-state index contributed by atoms with van der Waals surface area (Å²) >= 11 is 0. The molecule has 0 spiro atoms. The van der Waals surface area contributed by atoms with Crippen LogP contribution >= 0.6 is 0 Å². The molecule has 0 saturated carbocycles. The Balaban J connectivity index is 2.26. The molecule has 1 heterocycles. The molecule has 6 nitrogen and oxygen atoms in total. The van der Waals surface area contributed by atoms with Gasteiger partial charge in [0.15, 0.2) is 0 Å². The number of amides is 1. The molecule has 2 aromatic rings. The van der Waals surface area contributed by atoms with E-state index < -0.39 is 11.7 Å². The molecule has 0 atom stereocenters. The third-order valence-electron chi connectivity index (χ3n) is 2.71. The third-order valence-corrected chi connectivity index (χ3v) is 2.71. The maximum absolute atomic E-state index is 13.8. The van der Waals surface area contributed by atoms with E-state index >= 15 is 0 Å². The topological polar surface area (TPSA) is 103 Å². The summed E-state index contributed by atoms with van der Waals surface area (Å²) in [6.45, 7) is 2.36. The maximum Gasteiger partial charge on any atom is 0.250 e. The highest BCUT2D eigenvalue weighted by Gasteiger charge is 2.12. The summed E-state index contributed by atoms with van der Waals surface area (Å²) in [5, 5.41) is 2.81. The molecule has 21 heavy (non-hydrogen) atoms. The van der Waals surface area contributed by atoms with Crippen molar-refractivity contribution in [3.8, 4) is 5.88 Å². The number of ether oxygens (including phenoxy) is 1. The molecule has 1 aromatic heterocycles. The number of carbonyl (C=O) groups excluding carboxylic acids is 1. The first-order valence-electron chi connectivity index (χ1n) is 6.26. The second kappa shape index (κ2) is 6.08. The number of benzene rings is 1. The predicted molar refractivity (Wildman–Crippen MR) is 78.0 cm³/mol. The Hall–Kier alpha value is -2.83. The molecule has 7 heteroatoms. The molecule has 0 aliphatic carbocycles. The number of halogens is 1. The van der Waals surface area contributed by atoms with Crippen LogP contribution < -0.4 is 21.5 Å². The summed E-state index contributed by atoms with van der Waals surface area (Å²) < 4.78 is 19.1. The van der Waals surface area contributed by atoms with E-state index in [0.29, 0.717) is 18.2 Å². The number of hydrogen-bond donors (Lipinski definition) is 3. The molecule has 1 aromatic carbocycles. The Morgan fingerprint density at radius 3 is 2.76 bits per heavy atom. The Morgan fingerprint density at radius 1 is 1.43 bits per heavy atom. The molecule has 0 radical (unpaired) electrons. The number of aromatic nitrogens is 1. The lowest BCUT2D eigenvalue weighted by atomic mass is 10.1. The van der Waals surface area contributed by atoms with Gasteiger partial charge in [-0.1, -0.05) is 0 Å². The van der Waals surface area contributed by atoms with Gasteiger partial charge in [0.2, 0.25) is 5.88 Å². The van der Waals surface area contributed by atoms with Gasteiger partial charge in [-0.05, 0) is 25.1 Å². The molecule has 5 N–H and O–H groups in total. The summed E-state index contributed by atoms with van der Waals surface area (Å²) in [5.74, 6) is -0.842. The number of nitrogens with two attached hydrogens (primary N) is 2. The van der Waals surface area contributed by atoms with E-state index in [1.54, 1.807) is 12.1 Å². The van der Waals surface area contributed by atoms with E-state index in [-0.39, 0.29) is 16.9 Å². The van der Waals surface area contributed by atoms with Gasteiger partial charge in [-0.25, -0.2) is 9.37 Å². The van der Waals surface area contributed by atoms with Crippen molar-refractivity contribution in [2.45, 2.75) is 6.92 Å². The smallest absolute Gasteiger partial charge is 0.250 e. The summed E-state index contributed by atoms with van der Waals surface area (Å²) in [5.41, 5.74) is 11.4. The Bertz CT molecular complexity index is 659. The monoisotopic (exact) mass is 290 g/mol. The first-order valence-corrected chi connectivity index (χ1v) is 6.26. The quantitative estimate of drug-likeness (QED) is 0.731. The van der Waals surface area contributed by atoms with Crippen LogP contribution in [-0.4, -0.2) is 17.5 Å². The van der Waals surface area contributed by atoms with Crippen LogP contribution in [-0.2, 0) is 0 Å². The van der Waals surface area contributed by atoms with Gasteiger partial charge in [-0.2, -0.15) is 0 Å². The van der Waals surface area contributed by atoms with Crippen LogP contribution in [0.25, 0.3) is 0 Å².